The molecule has 2 aromatic rings. The number of benzene rings is 1. The molecule has 0 fully saturated rings. The van der Waals surface area contributed by atoms with Crippen LogP contribution in [0.1, 0.15) is 11.5 Å². The van der Waals surface area contributed by atoms with E-state index in [-0.39, 0.29) is 5.69 Å². The predicted octanol–water partition coefficient (Wildman–Crippen LogP) is 2.03. The molecule has 1 aromatic heterocycles. The van der Waals surface area contributed by atoms with E-state index < -0.39 is 4.92 Å². The number of imidazole rings is 1. The molecule has 2 N–H and O–H groups in total. The van der Waals surface area contributed by atoms with E-state index in [0.29, 0.717) is 13.2 Å². The molecular formula is C14H18N4O3. The van der Waals surface area contributed by atoms with Crippen LogP contribution in [0.25, 0.3) is 11.3 Å². The SMILES string of the molecule is COCCNCc1nc(-c2cccc([N+](=O)[O-])c2)c(C)[nH]1. The zero-order chi connectivity index (χ0) is 15.2. The molecular weight excluding hydrogens is 272 g/mol. The Morgan fingerprint density at radius 1 is 1.48 bits per heavy atom. The Kier molecular flexibility index (Phi) is 5.02. The predicted molar refractivity (Wildman–Crippen MR) is 79.0 cm³/mol. The molecule has 7 heteroatoms. The van der Waals surface area contributed by atoms with Gasteiger partial charge in [-0.2, -0.15) is 0 Å². The average Bonchev–Trinajstić information content (AvgIpc) is 2.85. The molecule has 7 nitrogen and oxygen atoms in total. The van der Waals surface area contributed by atoms with Crippen LogP contribution >= 0.6 is 0 Å². The Bertz CT molecular complexity index is 624. The molecule has 21 heavy (non-hydrogen) atoms. The lowest BCUT2D eigenvalue weighted by Crippen LogP contribution is -2.19. The summed E-state index contributed by atoms with van der Waals surface area (Å²) in [6.45, 7) is 3.87. The fourth-order valence-electron chi connectivity index (χ4n) is 2.03. The van der Waals surface area contributed by atoms with Gasteiger partial charge in [0.1, 0.15) is 5.82 Å². The maximum absolute atomic E-state index is 10.8. The summed E-state index contributed by atoms with van der Waals surface area (Å²) in [4.78, 5) is 18.1. The number of aromatic amines is 1. The third-order valence-electron chi connectivity index (χ3n) is 3.04. The van der Waals surface area contributed by atoms with Crippen molar-refractivity contribution >= 4 is 5.69 Å². The number of nitrogens with zero attached hydrogens (tertiary/aromatic N) is 2. The first-order valence-corrected chi connectivity index (χ1v) is 6.61. The van der Waals surface area contributed by atoms with Crippen molar-refractivity contribution in [3.05, 3.63) is 45.9 Å². The van der Waals surface area contributed by atoms with E-state index in [9.17, 15) is 10.1 Å². The van der Waals surface area contributed by atoms with Gasteiger partial charge in [-0.15, -0.1) is 0 Å². The third-order valence-corrected chi connectivity index (χ3v) is 3.04. The molecule has 0 saturated heterocycles. The first kappa shape index (κ1) is 15.1. The number of nitro groups is 1. The molecule has 0 atom stereocenters. The number of aromatic nitrogens is 2. The molecule has 0 bridgehead atoms. The van der Waals surface area contributed by atoms with Gasteiger partial charge in [0, 0.05) is 37.0 Å². The van der Waals surface area contributed by atoms with Gasteiger partial charge in [-0.1, -0.05) is 12.1 Å². The van der Waals surface area contributed by atoms with Crippen molar-refractivity contribution in [3.8, 4) is 11.3 Å². The molecule has 1 aromatic carbocycles. The van der Waals surface area contributed by atoms with E-state index in [4.69, 9.17) is 4.74 Å². The highest BCUT2D eigenvalue weighted by atomic mass is 16.6. The van der Waals surface area contributed by atoms with Crippen molar-refractivity contribution in [2.24, 2.45) is 0 Å². The molecule has 0 radical (unpaired) electrons. The van der Waals surface area contributed by atoms with Crippen LogP contribution in [0.5, 0.6) is 0 Å². The maximum atomic E-state index is 10.8. The molecule has 1 heterocycles. The van der Waals surface area contributed by atoms with Crippen molar-refractivity contribution in [2.45, 2.75) is 13.5 Å². The number of H-pyrrole nitrogens is 1. The Balaban J connectivity index is 2.15. The molecule has 0 saturated carbocycles. The van der Waals surface area contributed by atoms with Gasteiger partial charge in [0.2, 0.25) is 0 Å². The van der Waals surface area contributed by atoms with E-state index in [1.807, 2.05) is 13.0 Å². The molecule has 112 valence electrons. The average molecular weight is 290 g/mol. The number of nitro benzene ring substituents is 1. The third kappa shape index (κ3) is 3.87. The van der Waals surface area contributed by atoms with Gasteiger partial charge in [-0.25, -0.2) is 4.98 Å². The van der Waals surface area contributed by atoms with Crippen LogP contribution in [0.3, 0.4) is 0 Å². The summed E-state index contributed by atoms with van der Waals surface area (Å²) in [5.74, 6) is 0.796. The van der Waals surface area contributed by atoms with Gasteiger partial charge < -0.3 is 15.0 Å². The zero-order valence-electron chi connectivity index (χ0n) is 12.0. The lowest BCUT2D eigenvalue weighted by atomic mass is 10.1. The first-order valence-electron chi connectivity index (χ1n) is 6.61. The van der Waals surface area contributed by atoms with Crippen LogP contribution in [0.15, 0.2) is 24.3 Å². The smallest absolute Gasteiger partial charge is 0.270 e. The van der Waals surface area contributed by atoms with Crippen LogP contribution in [0.2, 0.25) is 0 Å². The second-order valence-corrected chi connectivity index (χ2v) is 4.63. The highest BCUT2D eigenvalue weighted by molar-refractivity contribution is 5.64. The van der Waals surface area contributed by atoms with Gasteiger partial charge in [0.05, 0.1) is 23.8 Å². The Labute approximate surface area is 122 Å². The fraction of sp³-hybridized carbons (Fsp3) is 0.357. The number of non-ortho nitro benzene ring substituents is 1. The number of rotatable bonds is 7. The summed E-state index contributed by atoms with van der Waals surface area (Å²) < 4.78 is 4.96. The van der Waals surface area contributed by atoms with Gasteiger partial charge in [0.15, 0.2) is 0 Å². The van der Waals surface area contributed by atoms with Crippen LogP contribution in [0.4, 0.5) is 5.69 Å². The van der Waals surface area contributed by atoms with Crippen molar-refractivity contribution in [1.82, 2.24) is 15.3 Å². The molecule has 0 amide bonds. The molecule has 0 spiro atoms. The molecule has 0 unspecified atom stereocenters. The monoisotopic (exact) mass is 290 g/mol. The lowest BCUT2D eigenvalue weighted by molar-refractivity contribution is -0.384. The normalized spacial score (nSPS) is 10.8. The second kappa shape index (κ2) is 6.96. The maximum Gasteiger partial charge on any atom is 0.270 e. The first-order chi connectivity index (χ1) is 10.1. The van der Waals surface area contributed by atoms with Crippen molar-refractivity contribution in [3.63, 3.8) is 0 Å². The topological polar surface area (TPSA) is 93.1 Å². The molecule has 0 aliphatic rings. The van der Waals surface area contributed by atoms with Gasteiger partial charge in [-0.05, 0) is 6.92 Å². The van der Waals surface area contributed by atoms with Crippen LogP contribution in [-0.4, -0.2) is 35.2 Å². The second-order valence-electron chi connectivity index (χ2n) is 4.63. The number of hydrogen-bond donors (Lipinski definition) is 2. The summed E-state index contributed by atoms with van der Waals surface area (Å²) in [5.41, 5.74) is 2.43. The number of nitrogens with one attached hydrogen (secondary N) is 2. The summed E-state index contributed by atoms with van der Waals surface area (Å²) >= 11 is 0. The lowest BCUT2D eigenvalue weighted by Gasteiger charge is -2.00. The van der Waals surface area contributed by atoms with Crippen LogP contribution < -0.4 is 5.32 Å². The van der Waals surface area contributed by atoms with Crippen molar-refractivity contribution in [1.29, 1.82) is 0 Å². The Morgan fingerprint density at radius 3 is 3.00 bits per heavy atom. The molecule has 0 aliphatic carbocycles. The highest BCUT2D eigenvalue weighted by Crippen LogP contribution is 2.24. The quantitative estimate of drug-likeness (QED) is 0.462. The minimum absolute atomic E-state index is 0.0645. The minimum atomic E-state index is -0.404. The van der Waals surface area contributed by atoms with Gasteiger partial charge in [0.25, 0.3) is 5.69 Å². The zero-order valence-corrected chi connectivity index (χ0v) is 12.0. The van der Waals surface area contributed by atoms with Gasteiger partial charge >= 0.3 is 0 Å². The van der Waals surface area contributed by atoms with E-state index in [0.717, 1.165) is 29.3 Å². The molecule has 0 aliphatic heterocycles. The number of methoxy groups -OCH3 is 1. The standard InChI is InChI=1S/C14H18N4O3/c1-10-14(11-4-3-5-12(8-11)18(19)20)17-13(16-10)9-15-6-7-21-2/h3-5,8,15H,6-7,9H2,1-2H3,(H,16,17). The van der Waals surface area contributed by atoms with E-state index >= 15 is 0 Å². The van der Waals surface area contributed by atoms with E-state index in [2.05, 4.69) is 15.3 Å². The van der Waals surface area contributed by atoms with Gasteiger partial charge in [-0.3, -0.25) is 10.1 Å². The largest absolute Gasteiger partial charge is 0.383 e. The summed E-state index contributed by atoms with van der Waals surface area (Å²) in [6, 6.07) is 6.49. The summed E-state index contributed by atoms with van der Waals surface area (Å²) in [6.07, 6.45) is 0. The molecule has 2 rings (SSSR count). The fourth-order valence-corrected chi connectivity index (χ4v) is 2.03. The minimum Gasteiger partial charge on any atom is -0.383 e. The van der Waals surface area contributed by atoms with Crippen LogP contribution in [-0.2, 0) is 11.3 Å². The van der Waals surface area contributed by atoms with Crippen molar-refractivity contribution in [2.75, 3.05) is 20.3 Å². The number of hydrogen-bond acceptors (Lipinski definition) is 5. The van der Waals surface area contributed by atoms with E-state index in [1.54, 1.807) is 13.2 Å². The van der Waals surface area contributed by atoms with E-state index in [1.165, 1.54) is 12.1 Å². The Morgan fingerprint density at radius 2 is 2.29 bits per heavy atom. The summed E-state index contributed by atoms with van der Waals surface area (Å²) in [7, 11) is 1.65. The Hall–Kier alpha value is -2.25. The highest BCUT2D eigenvalue weighted by Gasteiger charge is 2.12. The summed E-state index contributed by atoms with van der Waals surface area (Å²) in [5, 5.41) is 14.0. The van der Waals surface area contributed by atoms with Crippen molar-refractivity contribution < 1.29 is 9.66 Å². The number of ether oxygens (including phenoxy) is 1. The number of aryl methyl sites for hydroxylation is 1. The van der Waals surface area contributed by atoms with Crippen LogP contribution in [0, 0.1) is 17.0 Å².